The number of carbonyl (C=O) groups excluding carboxylic acids is 2. The number of fused-ring (bicyclic) bond motifs is 1. The predicted molar refractivity (Wildman–Crippen MR) is 84.1 cm³/mol. The van der Waals surface area contributed by atoms with Crippen LogP contribution >= 0.6 is 0 Å². The summed E-state index contributed by atoms with van der Waals surface area (Å²) < 4.78 is 5.10. The van der Waals surface area contributed by atoms with E-state index in [0.717, 1.165) is 30.4 Å². The third kappa shape index (κ3) is 2.78. The van der Waals surface area contributed by atoms with Crippen molar-refractivity contribution in [2.24, 2.45) is 0 Å². The Morgan fingerprint density at radius 1 is 1.27 bits per heavy atom. The average molecular weight is 299 g/mol. The second-order valence-electron chi connectivity index (χ2n) is 5.78. The second-order valence-corrected chi connectivity index (χ2v) is 5.78. The molecule has 1 fully saturated rings. The van der Waals surface area contributed by atoms with Crippen LogP contribution < -0.4 is 0 Å². The number of esters is 1. The predicted octanol–water partition coefficient (Wildman–Crippen LogP) is 2.57. The maximum atomic E-state index is 12.8. The van der Waals surface area contributed by atoms with E-state index >= 15 is 0 Å². The summed E-state index contributed by atoms with van der Waals surface area (Å²) in [4.78, 5) is 26.5. The van der Waals surface area contributed by atoms with E-state index in [-0.39, 0.29) is 11.9 Å². The summed E-state index contributed by atoms with van der Waals surface area (Å²) in [6.45, 7) is 2.79. The van der Waals surface area contributed by atoms with Crippen LogP contribution in [0.3, 0.4) is 0 Å². The minimum absolute atomic E-state index is 0.00921. The molecule has 1 amide bonds. The van der Waals surface area contributed by atoms with Crippen LogP contribution in [0.25, 0.3) is 6.08 Å². The Labute approximate surface area is 130 Å². The summed E-state index contributed by atoms with van der Waals surface area (Å²) in [5, 5.41) is 0. The Bertz CT molecular complexity index is 621. The van der Waals surface area contributed by atoms with Crippen molar-refractivity contribution in [2.45, 2.75) is 38.6 Å². The number of rotatable bonds is 3. The van der Waals surface area contributed by atoms with Gasteiger partial charge in [0.25, 0.3) is 5.91 Å². The summed E-state index contributed by atoms with van der Waals surface area (Å²) in [7, 11) is 0. The first-order chi connectivity index (χ1) is 10.7. The molecular weight excluding hydrogens is 278 g/mol. The van der Waals surface area contributed by atoms with E-state index in [2.05, 4.69) is 6.07 Å². The number of ether oxygens (including phenoxy) is 1. The van der Waals surface area contributed by atoms with E-state index in [4.69, 9.17) is 4.74 Å². The van der Waals surface area contributed by atoms with Gasteiger partial charge in [-0.3, -0.25) is 4.79 Å². The lowest BCUT2D eigenvalue weighted by atomic mass is 9.91. The van der Waals surface area contributed by atoms with Crippen LogP contribution in [0.5, 0.6) is 0 Å². The minimum atomic E-state index is -0.412. The lowest BCUT2D eigenvalue weighted by Crippen LogP contribution is -2.42. The molecule has 1 saturated heterocycles. The molecule has 0 aromatic heterocycles. The number of nitrogens with zero attached hydrogens (tertiary/aromatic N) is 1. The van der Waals surface area contributed by atoms with Gasteiger partial charge < -0.3 is 9.64 Å². The van der Waals surface area contributed by atoms with E-state index in [1.54, 1.807) is 11.8 Å². The molecule has 0 unspecified atom stereocenters. The van der Waals surface area contributed by atoms with Crippen molar-refractivity contribution in [2.75, 3.05) is 13.2 Å². The summed E-state index contributed by atoms with van der Waals surface area (Å²) in [6.07, 6.45) is 5.16. The highest BCUT2D eigenvalue weighted by Crippen LogP contribution is 2.28. The van der Waals surface area contributed by atoms with Crippen molar-refractivity contribution in [3.8, 4) is 0 Å². The summed E-state index contributed by atoms with van der Waals surface area (Å²) in [6, 6.07) is 7.74. The highest BCUT2D eigenvalue weighted by Gasteiger charge is 2.36. The quantitative estimate of drug-likeness (QED) is 0.806. The molecule has 0 N–H and O–H groups in total. The zero-order valence-electron chi connectivity index (χ0n) is 12.9. The summed E-state index contributed by atoms with van der Waals surface area (Å²) >= 11 is 0. The van der Waals surface area contributed by atoms with Crippen LogP contribution in [0.15, 0.2) is 29.8 Å². The van der Waals surface area contributed by atoms with Crippen molar-refractivity contribution >= 4 is 18.0 Å². The zero-order valence-corrected chi connectivity index (χ0v) is 12.9. The van der Waals surface area contributed by atoms with Gasteiger partial charge in [0.2, 0.25) is 0 Å². The minimum Gasteiger partial charge on any atom is -0.464 e. The van der Waals surface area contributed by atoms with E-state index in [9.17, 15) is 9.59 Å². The highest BCUT2D eigenvalue weighted by atomic mass is 16.5. The molecule has 3 rings (SSSR count). The molecule has 1 aliphatic heterocycles. The molecule has 4 heteroatoms. The fourth-order valence-electron chi connectivity index (χ4n) is 3.28. The smallest absolute Gasteiger partial charge is 0.328 e. The van der Waals surface area contributed by atoms with Crippen LogP contribution in [0, 0.1) is 0 Å². The molecule has 0 radical (unpaired) electrons. The van der Waals surface area contributed by atoms with E-state index in [1.165, 1.54) is 5.56 Å². The monoisotopic (exact) mass is 299 g/mol. The number of amides is 1. The molecule has 0 bridgehead atoms. The van der Waals surface area contributed by atoms with Crippen molar-refractivity contribution < 1.29 is 14.3 Å². The lowest BCUT2D eigenvalue weighted by molar-refractivity contribution is -0.152. The molecule has 0 saturated carbocycles. The van der Waals surface area contributed by atoms with Gasteiger partial charge in [0.05, 0.1) is 6.61 Å². The molecule has 1 atom stereocenters. The van der Waals surface area contributed by atoms with Crippen molar-refractivity contribution in [3.05, 3.63) is 41.0 Å². The Morgan fingerprint density at radius 3 is 2.91 bits per heavy atom. The highest BCUT2D eigenvalue weighted by molar-refractivity contribution is 6.00. The zero-order chi connectivity index (χ0) is 15.5. The van der Waals surface area contributed by atoms with Gasteiger partial charge in [-0.05, 0) is 49.8 Å². The molecule has 1 aromatic carbocycles. The van der Waals surface area contributed by atoms with E-state index < -0.39 is 6.04 Å². The first-order valence-corrected chi connectivity index (χ1v) is 7.96. The van der Waals surface area contributed by atoms with Gasteiger partial charge in [0, 0.05) is 12.1 Å². The summed E-state index contributed by atoms with van der Waals surface area (Å²) in [5.74, 6) is -0.282. The number of hydrogen-bond donors (Lipinski definition) is 0. The number of aryl methyl sites for hydroxylation is 1. The third-order valence-corrected chi connectivity index (χ3v) is 4.40. The van der Waals surface area contributed by atoms with Crippen molar-refractivity contribution in [1.29, 1.82) is 0 Å². The van der Waals surface area contributed by atoms with Crippen LogP contribution in [-0.4, -0.2) is 36.0 Å². The largest absolute Gasteiger partial charge is 0.464 e. The molecule has 0 spiro atoms. The fourth-order valence-corrected chi connectivity index (χ4v) is 3.28. The van der Waals surface area contributed by atoms with Crippen molar-refractivity contribution in [1.82, 2.24) is 4.90 Å². The number of hydrogen-bond acceptors (Lipinski definition) is 3. The second kappa shape index (κ2) is 6.34. The summed E-state index contributed by atoms with van der Waals surface area (Å²) in [5.41, 5.74) is 3.20. The Hall–Kier alpha value is -2.10. The number of likely N-dealkylation sites (tertiary alicyclic amines) is 1. The van der Waals surface area contributed by atoms with Gasteiger partial charge >= 0.3 is 5.97 Å². The van der Waals surface area contributed by atoms with Gasteiger partial charge in [-0.25, -0.2) is 4.79 Å². The van der Waals surface area contributed by atoms with E-state index in [0.29, 0.717) is 19.6 Å². The molecule has 1 heterocycles. The number of benzene rings is 1. The van der Waals surface area contributed by atoms with Crippen molar-refractivity contribution in [3.63, 3.8) is 0 Å². The Balaban J connectivity index is 1.79. The molecular formula is C18H21NO3. The van der Waals surface area contributed by atoms with Crippen LogP contribution in [0.2, 0.25) is 0 Å². The topological polar surface area (TPSA) is 46.6 Å². The first kappa shape index (κ1) is 14.8. The molecule has 4 nitrogen and oxygen atoms in total. The van der Waals surface area contributed by atoms with Gasteiger partial charge in [-0.1, -0.05) is 24.3 Å². The Morgan fingerprint density at radius 2 is 2.09 bits per heavy atom. The average Bonchev–Trinajstić information content (AvgIpc) is 3.03. The normalized spacial score (nSPS) is 20.3. The maximum Gasteiger partial charge on any atom is 0.328 e. The van der Waals surface area contributed by atoms with Gasteiger partial charge in [-0.2, -0.15) is 0 Å². The fraction of sp³-hybridized carbons (Fsp3) is 0.444. The molecule has 116 valence electrons. The van der Waals surface area contributed by atoms with Crippen LogP contribution in [0.4, 0.5) is 0 Å². The van der Waals surface area contributed by atoms with Gasteiger partial charge in [0.1, 0.15) is 6.04 Å². The van der Waals surface area contributed by atoms with Gasteiger partial charge in [0.15, 0.2) is 0 Å². The maximum absolute atomic E-state index is 12.8. The Kier molecular flexibility index (Phi) is 4.27. The molecule has 22 heavy (non-hydrogen) atoms. The van der Waals surface area contributed by atoms with Gasteiger partial charge in [-0.15, -0.1) is 0 Å². The lowest BCUT2D eigenvalue weighted by Gasteiger charge is -2.26. The number of carbonyl (C=O) groups is 2. The van der Waals surface area contributed by atoms with Crippen LogP contribution in [-0.2, 0) is 20.7 Å². The SMILES string of the molecule is CCOC(=O)[C@@H]1CCCN1C(=O)C1=Cc2ccccc2CC1. The molecule has 2 aliphatic rings. The standard InChI is InChI=1S/C18H21NO3/c1-2-22-18(21)16-8-5-11-19(16)17(20)15-10-9-13-6-3-4-7-14(13)12-15/h3-4,6-7,12,16H,2,5,8-11H2,1H3/t16-/m0/s1. The molecule has 1 aromatic rings. The van der Waals surface area contributed by atoms with Crippen LogP contribution in [0.1, 0.15) is 37.3 Å². The molecule has 1 aliphatic carbocycles. The first-order valence-electron chi connectivity index (χ1n) is 7.96. The third-order valence-electron chi connectivity index (χ3n) is 4.40. The van der Waals surface area contributed by atoms with E-state index in [1.807, 2.05) is 24.3 Å².